The summed E-state index contributed by atoms with van der Waals surface area (Å²) < 4.78 is 10.6. The molecule has 0 aliphatic rings. The van der Waals surface area contributed by atoms with Crippen LogP contribution in [0, 0.1) is 0 Å². The summed E-state index contributed by atoms with van der Waals surface area (Å²) in [5, 5.41) is 10.8. The molecule has 0 aliphatic heterocycles. The van der Waals surface area contributed by atoms with Crippen LogP contribution < -0.4 is 44.1 Å². The van der Waals surface area contributed by atoms with Crippen LogP contribution in [0.15, 0.2) is 48.5 Å². The van der Waals surface area contributed by atoms with E-state index in [1.807, 2.05) is 30.3 Å². The van der Waals surface area contributed by atoms with Gasteiger partial charge in [0.05, 0.1) is 13.1 Å². The molecule has 0 aromatic heterocycles. The first kappa shape index (κ1) is 16.6. The van der Waals surface area contributed by atoms with Crippen LogP contribution in [-0.2, 0) is 6.61 Å². The zero-order valence-corrected chi connectivity index (χ0v) is 13.5. The second kappa shape index (κ2) is 7.94. The molecule has 0 N–H and O–H groups in total. The van der Waals surface area contributed by atoms with Crippen molar-refractivity contribution in [2.24, 2.45) is 0 Å². The Balaban J connectivity index is 0.00000200. The van der Waals surface area contributed by atoms with Gasteiger partial charge in [0.1, 0.15) is 18.1 Å². The van der Waals surface area contributed by atoms with Crippen molar-refractivity contribution in [1.29, 1.82) is 0 Å². The van der Waals surface area contributed by atoms with Crippen molar-refractivity contribution >= 4 is 5.97 Å². The number of aromatic carboxylic acids is 1. The molecule has 0 saturated heterocycles. The second-order valence-corrected chi connectivity index (χ2v) is 3.92. The maximum atomic E-state index is 10.8. The van der Waals surface area contributed by atoms with E-state index in [1.165, 1.54) is 19.2 Å². The Morgan fingerprint density at radius 2 is 1.85 bits per heavy atom. The normalized spacial score (nSPS) is 9.45. The summed E-state index contributed by atoms with van der Waals surface area (Å²) in [6.07, 6.45) is 0. The fourth-order valence-electron chi connectivity index (χ4n) is 1.67. The van der Waals surface area contributed by atoms with E-state index in [9.17, 15) is 9.90 Å². The number of carboxylic acid groups (broad SMARTS) is 1. The first-order chi connectivity index (χ1) is 9.20. The van der Waals surface area contributed by atoms with Gasteiger partial charge in [-0.25, -0.2) is 0 Å². The van der Waals surface area contributed by atoms with Gasteiger partial charge in [-0.1, -0.05) is 30.3 Å². The van der Waals surface area contributed by atoms with Crippen molar-refractivity contribution in [3.05, 3.63) is 59.7 Å². The third kappa shape index (κ3) is 4.27. The Hall–Kier alpha value is -1.49. The Kier molecular flexibility index (Phi) is 6.58. The van der Waals surface area contributed by atoms with Crippen molar-refractivity contribution in [1.82, 2.24) is 0 Å². The molecule has 0 amide bonds. The molecule has 98 valence electrons. The molecule has 20 heavy (non-hydrogen) atoms. The topological polar surface area (TPSA) is 58.6 Å². The Morgan fingerprint density at radius 3 is 2.45 bits per heavy atom. The van der Waals surface area contributed by atoms with Gasteiger partial charge in [-0.3, -0.25) is 0 Å². The summed E-state index contributed by atoms with van der Waals surface area (Å²) in [4.78, 5) is 10.8. The summed E-state index contributed by atoms with van der Waals surface area (Å²) in [5.41, 5.74) is 1.04. The minimum atomic E-state index is -1.27. The minimum Gasteiger partial charge on any atom is -0.545 e. The van der Waals surface area contributed by atoms with Crippen LogP contribution in [0.4, 0.5) is 0 Å². The van der Waals surface area contributed by atoms with E-state index in [0.29, 0.717) is 12.4 Å². The number of rotatable bonds is 5. The number of methoxy groups -OCH3 is 1. The standard InChI is InChI=1S/C15H14O4.Na/c1-18-14-9-12(7-8-13(14)15(16)17)19-10-11-5-3-2-4-6-11;/h2-9H,10H2,1H3,(H,16,17);/q;+1/p-1. The zero-order valence-electron chi connectivity index (χ0n) is 11.5. The number of ether oxygens (including phenoxy) is 2. The van der Waals surface area contributed by atoms with Gasteiger partial charge in [0.15, 0.2) is 0 Å². The third-order valence-electron chi connectivity index (χ3n) is 2.64. The van der Waals surface area contributed by atoms with E-state index in [0.717, 1.165) is 5.56 Å². The number of carboxylic acids is 1. The maximum Gasteiger partial charge on any atom is 1.00 e. The van der Waals surface area contributed by atoms with Crippen LogP contribution in [-0.4, -0.2) is 13.1 Å². The van der Waals surface area contributed by atoms with Gasteiger partial charge in [0.25, 0.3) is 0 Å². The van der Waals surface area contributed by atoms with Crippen molar-refractivity contribution in [2.45, 2.75) is 6.61 Å². The van der Waals surface area contributed by atoms with Crippen LogP contribution in [0.1, 0.15) is 15.9 Å². The summed E-state index contributed by atoms with van der Waals surface area (Å²) in [7, 11) is 1.41. The summed E-state index contributed by atoms with van der Waals surface area (Å²) >= 11 is 0. The quantitative estimate of drug-likeness (QED) is 0.635. The van der Waals surface area contributed by atoms with E-state index in [-0.39, 0.29) is 40.9 Å². The van der Waals surface area contributed by atoms with Crippen molar-refractivity contribution in [2.75, 3.05) is 7.11 Å². The Bertz CT molecular complexity index is 569. The van der Waals surface area contributed by atoms with Crippen LogP contribution in [0.5, 0.6) is 11.5 Å². The van der Waals surface area contributed by atoms with E-state index < -0.39 is 5.97 Å². The first-order valence-corrected chi connectivity index (χ1v) is 5.77. The molecule has 0 unspecified atom stereocenters. The minimum absolute atomic E-state index is 0. The van der Waals surface area contributed by atoms with Crippen molar-refractivity contribution < 1.29 is 48.9 Å². The van der Waals surface area contributed by atoms with Gasteiger partial charge in [-0.05, 0) is 17.7 Å². The molecule has 5 heteroatoms. The molecule has 0 bridgehead atoms. The molecule has 0 saturated carbocycles. The summed E-state index contributed by atoms with van der Waals surface area (Å²) in [5.74, 6) is -0.497. The fraction of sp³-hybridized carbons (Fsp3) is 0.133. The maximum absolute atomic E-state index is 10.8. The van der Waals surface area contributed by atoms with E-state index in [2.05, 4.69) is 0 Å². The molecule has 4 nitrogen and oxygen atoms in total. The molecule has 0 spiro atoms. The molecule has 2 aromatic rings. The molecule has 0 radical (unpaired) electrons. The zero-order chi connectivity index (χ0) is 13.7. The Labute approximate surface area is 139 Å². The average Bonchev–Trinajstić information content (AvgIpc) is 2.45. The van der Waals surface area contributed by atoms with Crippen molar-refractivity contribution in [3.63, 3.8) is 0 Å². The van der Waals surface area contributed by atoms with E-state index in [1.54, 1.807) is 6.07 Å². The van der Waals surface area contributed by atoms with Crippen LogP contribution in [0.25, 0.3) is 0 Å². The van der Waals surface area contributed by atoms with Gasteiger partial charge >= 0.3 is 29.6 Å². The van der Waals surface area contributed by atoms with Crippen molar-refractivity contribution in [3.8, 4) is 11.5 Å². The Morgan fingerprint density at radius 1 is 1.15 bits per heavy atom. The van der Waals surface area contributed by atoms with E-state index in [4.69, 9.17) is 9.47 Å². The number of carbonyl (C=O) groups excluding carboxylic acids is 1. The molecule has 2 rings (SSSR count). The fourth-order valence-corrected chi connectivity index (χ4v) is 1.67. The summed E-state index contributed by atoms with van der Waals surface area (Å²) in [6.45, 7) is 0.411. The molecule has 2 aromatic carbocycles. The predicted octanol–water partition coefficient (Wildman–Crippen LogP) is -1.36. The molecule has 0 atom stereocenters. The third-order valence-corrected chi connectivity index (χ3v) is 2.64. The van der Waals surface area contributed by atoms with Crippen LogP contribution >= 0.6 is 0 Å². The second-order valence-electron chi connectivity index (χ2n) is 3.92. The summed E-state index contributed by atoms with van der Waals surface area (Å²) in [6, 6.07) is 14.2. The van der Waals surface area contributed by atoms with Gasteiger partial charge in [0.2, 0.25) is 0 Å². The SMILES string of the molecule is COc1cc(OCc2ccccc2)ccc1C(=O)[O-].[Na+]. The van der Waals surface area contributed by atoms with Gasteiger partial charge in [-0.2, -0.15) is 0 Å². The van der Waals surface area contributed by atoms with Crippen LogP contribution in [0.3, 0.4) is 0 Å². The first-order valence-electron chi connectivity index (χ1n) is 5.77. The monoisotopic (exact) mass is 280 g/mol. The van der Waals surface area contributed by atoms with Crippen LogP contribution in [0.2, 0.25) is 0 Å². The molecule has 0 heterocycles. The number of hydrogen-bond acceptors (Lipinski definition) is 4. The molecule has 0 aliphatic carbocycles. The van der Waals surface area contributed by atoms with E-state index >= 15 is 0 Å². The largest absolute Gasteiger partial charge is 1.00 e. The number of carbonyl (C=O) groups is 1. The molecular formula is C15H13NaO4. The number of benzene rings is 2. The molecule has 0 fully saturated rings. The predicted molar refractivity (Wildman–Crippen MR) is 68.1 cm³/mol. The van der Waals surface area contributed by atoms with Gasteiger partial charge in [0, 0.05) is 11.6 Å². The van der Waals surface area contributed by atoms with Gasteiger partial charge < -0.3 is 19.4 Å². The smallest absolute Gasteiger partial charge is 0.545 e. The average molecular weight is 280 g/mol. The molecular weight excluding hydrogens is 267 g/mol. The number of hydrogen-bond donors (Lipinski definition) is 0. The van der Waals surface area contributed by atoms with Gasteiger partial charge in [-0.15, -0.1) is 0 Å².